The Balaban J connectivity index is 1.22. The second-order valence-corrected chi connectivity index (χ2v) is 7.78. The lowest BCUT2D eigenvalue weighted by Gasteiger charge is -2.29. The Morgan fingerprint density at radius 3 is 2.68 bits per heavy atom. The van der Waals surface area contributed by atoms with Crippen molar-refractivity contribution in [1.82, 2.24) is 20.2 Å². The van der Waals surface area contributed by atoms with E-state index in [0.29, 0.717) is 56.7 Å². The molecule has 4 atom stereocenters. The minimum atomic E-state index is -0.317. The van der Waals surface area contributed by atoms with Crippen LogP contribution in [0.5, 0.6) is 0 Å². The predicted octanol–water partition coefficient (Wildman–Crippen LogP) is 1.27. The summed E-state index contributed by atoms with van der Waals surface area (Å²) in [5.41, 5.74) is 1.30. The number of nitrogens with zero attached hydrogens (tertiary/aromatic N) is 3. The van der Waals surface area contributed by atoms with Crippen LogP contribution in [0.25, 0.3) is 11.3 Å². The maximum absolute atomic E-state index is 13.5. The molecule has 0 spiro atoms. The highest BCUT2D eigenvalue weighted by atomic mass is 19.1. The number of fused-ring (bicyclic) bond motifs is 1. The van der Waals surface area contributed by atoms with Crippen molar-refractivity contribution in [3.8, 4) is 11.3 Å². The van der Waals surface area contributed by atoms with Crippen molar-refractivity contribution in [2.75, 3.05) is 44.8 Å². The zero-order chi connectivity index (χ0) is 21.2. The highest BCUT2D eigenvalue weighted by Crippen LogP contribution is 2.29. The maximum Gasteiger partial charge on any atom is 0.317 e. The summed E-state index contributed by atoms with van der Waals surface area (Å²) in [5, 5.41) is 6.30. The van der Waals surface area contributed by atoms with Gasteiger partial charge in [-0.2, -0.15) is 0 Å². The molecule has 0 aliphatic carbocycles. The molecule has 2 aromatic rings. The van der Waals surface area contributed by atoms with Crippen LogP contribution in [0.1, 0.15) is 0 Å². The summed E-state index contributed by atoms with van der Waals surface area (Å²) in [6.07, 6.45) is 1.16. The highest BCUT2D eigenvalue weighted by Gasteiger charge is 2.48. The number of ether oxygens (including phenoxy) is 3. The van der Waals surface area contributed by atoms with Crippen molar-refractivity contribution in [1.29, 1.82) is 0 Å². The van der Waals surface area contributed by atoms with Gasteiger partial charge in [-0.25, -0.2) is 19.2 Å². The summed E-state index contributed by atoms with van der Waals surface area (Å²) in [5.74, 6) is 0.0996. The number of rotatable bonds is 4. The summed E-state index contributed by atoms with van der Waals surface area (Å²) in [7, 11) is 0. The molecule has 5 rings (SSSR count). The van der Waals surface area contributed by atoms with E-state index in [2.05, 4.69) is 20.6 Å². The third-order valence-corrected chi connectivity index (χ3v) is 5.75. The van der Waals surface area contributed by atoms with Crippen molar-refractivity contribution in [3.63, 3.8) is 0 Å². The number of nitrogens with one attached hydrogen (secondary N) is 2. The second kappa shape index (κ2) is 8.74. The molecule has 2 N–H and O–H groups in total. The molecule has 1 aromatic carbocycles. The van der Waals surface area contributed by atoms with Crippen LogP contribution in [0.3, 0.4) is 0 Å². The Bertz CT molecular complexity index is 941. The number of anilines is 1. The molecule has 2 amide bonds. The van der Waals surface area contributed by atoms with Gasteiger partial charge in [0.15, 0.2) is 0 Å². The first-order valence-corrected chi connectivity index (χ1v) is 10.4. The van der Waals surface area contributed by atoms with E-state index in [1.807, 2.05) is 0 Å². The van der Waals surface area contributed by atoms with Crippen molar-refractivity contribution in [3.05, 3.63) is 42.3 Å². The third-order valence-electron chi connectivity index (χ3n) is 5.75. The summed E-state index contributed by atoms with van der Waals surface area (Å²) >= 11 is 0. The summed E-state index contributed by atoms with van der Waals surface area (Å²) in [4.78, 5) is 23.0. The standard InChI is InChI=1S/C21H24FN5O4/c22-14-3-1-2-13(10-14)15-4-5-23-20(24-15)25-16-11-30-19-17(12-31-18(16)19)26-21(28)27-6-8-29-9-7-27/h1-5,10,16-19H,6-9,11-12H2,(H,26,28)(H,23,24,25). The minimum Gasteiger partial charge on any atom is -0.378 e. The van der Waals surface area contributed by atoms with E-state index in [1.165, 1.54) is 12.1 Å². The number of morpholine rings is 1. The summed E-state index contributed by atoms with van der Waals surface area (Å²) in [6.45, 7) is 3.06. The number of aromatic nitrogens is 2. The molecule has 4 heterocycles. The largest absolute Gasteiger partial charge is 0.378 e. The topological polar surface area (TPSA) is 97.8 Å². The third kappa shape index (κ3) is 4.32. The molecular formula is C21H24FN5O4. The molecule has 164 valence electrons. The fourth-order valence-corrected chi connectivity index (χ4v) is 4.17. The maximum atomic E-state index is 13.5. The molecule has 10 heteroatoms. The van der Waals surface area contributed by atoms with Gasteiger partial charge in [0.2, 0.25) is 5.95 Å². The zero-order valence-corrected chi connectivity index (χ0v) is 16.9. The summed E-state index contributed by atoms with van der Waals surface area (Å²) in [6, 6.07) is 7.51. The van der Waals surface area contributed by atoms with Gasteiger partial charge < -0.3 is 29.7 Å². The van der Waals surface area contributed by atoms with Gasteiger partial charge >= 0.3 is 6.03 Å². The Hall–Kier alpha value is -2.82. The molecule has 0 bridgehead atoms. The number of benzene rings is 1. The first kappa shape index (κ1) is 20.1. The average Bonchev–Trinajstić information content (AvgIpc) is 3.38. The lowest BCUT2D eigenvalue weighted by atomic mass is 10.1. The van der Waals surface area contributed by atoms with Crippen LogP contribution >= 0.6 is 0 Å². The van der Waals surface area contributed by atoms with E-state index in [9.17, 15) is 9.18 Å². The van der Waals surface area contributed by atoms with E-state index >= 15 is 0 Å². The fraction of sp³-hybridized carbons (Fsp3) is 0.476. The SMILES string of the molecule is O=C(NC1COC2C(Nc3nccc(-c4cccc(F)c4)n3)COC12)N1CCOCC1. The quantitative estimate of drug-likeness (QED) is 0.755. The Kier molecular flexibility index (Phi) is 5.66. The van der Waals surface area contributed by atoms with E-state index in [-0.39, 0.29) is 36.1 Å². The highest BCUT2D eigenvalue weighted by molar-refractivity contribution is 5.74. The van der Waals surface area contributed by atoms with Gasteiger partial charge in [0.25, 0.3) is 0 Å². The molecular weight excluding hydrogens is 405 g/mol. The smallest absolute Gasteiger partial charge is 0.317 e. The van der Waals surface area contributed by atoms with Crippen LogP contribution in [0.15, 0.2) is 36.5 Å². The molecule has 31 heavy (non-hydrogen) atoms. The van der Waals surface area contributed by atoms with Gasteiger partial charge in [-0.3, -0.25) is 0 Å². The lowest BCUT2D eigenvalue weighted by molar-refractivity contribution is 0.0485. The number of amides is 2. The molecule has 3 aliphatic heterocycles. The number of urea groups is 1. The number of carbonyl (C=O) groups is 1. The first-order valence-electron chi connectivity index (χ1n) is 10.4. The molecule has 0 saturated carbocycles. The predicted molar refractivity (Wildman–Crippen MR) is 109 cm³/mol. The van der Waals surface area contributed by atoms with E-state index in [1.54, 1.807) is 29.3 Å². The van der Waals surface area contributed by atoms with Crippen molar-refractivity contribution in [2.24, 2.45) is 0 Å². The van der Waals surface area contributed by atoms with Crippen molar-refractivity contribution >= 4 is 12.0 Å². The van der Waals surface area contributed by atoms with Gasteiger partial charge in [0.1, 0.15) is 18.0 Å². The molecule has 3 saturated heterocycles. The molecule has 4 unspecified atom stereocenters. The number of hydrogen-bond donors (Lipinski definition) is 2. The first-order chi connectivity index (χ1) is 15.2. The van der Waals surface area contributed by atoms with E-state index < -0.39 is 0 Å². The normalized spacial score (nSPS) is 27.7. The van der Waals surface area contributed by atoms with Crippen LogP contribution in [-0.2, 0) is 14.2 Å². The molecule has 0 radical (unpaired) electrons. The van der Waals surface area contributed by atoms with E-state index in [4.69, 9.17) is 14.2 Å². The Morgan fingerprint density at radius 1 is 1.10 bits per heavy atom. The molecule has 9 nitrogen and oxygen atoms in total. The van der Waals surface area contributed by atoms with Crippen molar-refractivity contribution in [2.45, 2.75) is 24.3 Å². The fourth-order valence-electron chi connectivity index (χ4n) is 4.17. The summed E-state index contributed by atoms with van der Waals surface area (Å²) < 4.78 is 30.7. The second-order valence-electron chi connectivity index (χ2n) is 7.78. The average molecular weight is 429 g/mol. The monoisotopic (exact) mass is 429 g/mol. The number of hydrogen-bond acceptors (Lipinski definition) is 7. The van der Waals surface area contributed by atoms with Gasteiger partial charge in [0, 0.05) is 24.8 Å². The zero-order valence-electron chi connectivity index (χ0n) is 16.9. The van der Waals surface area contributed by atoms with Gasteiger partial charge in [0.05, 0.1) is 44.2 Å². The Labute approximate surface area is 178 Å². The molecule has 1 aromatic heterocycles. The minimum absolute atomic E-state index is 0.122. The van der Waals surface area contributed by atoms with Gasteiger partial charge in [-0.1, -0.05) is 12.1 Å². The van der Waals surface area contributed by atoms with Crippen LogP contribution in [-0.4, -0.2) is 84.7 Å². The van der Waals surface area contributed by atoms with Crippen LogP contribution in [0.2, 0.25) is 0 Å². The lowest BCUT2D eigenvalue weighted by Crippen LogP contribution is -2.52. The van der Waals surface area contributed by atoms with Crippen molar-refractivity contribution < 1.29 is 23.4 Å². The van der Waals surface area contributed by atoms with Crippen LogP contribution in [0.4, 0.5) is 15.1 Å². The van der Waals surface area contributed by atoms with E-state index in [0.717, 1.165) is 0 Å². The molecule has 3 fully saturated rings. The Morgan fingerprint density at radius 2 is 1.87 bits per heavy atom. The van der Waals surface area contributed by atoms with Gasteiger partial charge in [-0.15, -0.1) is 0 Å². The number of carbonyl (C=O) groups excluding carboxylic acids is 1. The van der Waals surface area contributed by atoms with Gasteiger partial charge in [-0.05, 0) is 18.2 Å². The number of halogens is 1. The molecule has 3 aliphatic rings. The van der Waals surface area contributed by atoms with Crippen LogP contribution < -0.4 is 10.6 Å². The van der Waals surface area contributed by atoms with Crippen LogP contribution in [0, 0.1) is 5.82 Å².